The molecule has 3 heterocycles. The van der Waals surface area contributed by atoms with Crippen LogP contribution in [-0.4, -0.2) is 83.8 Å². The zero-order valence-corrected chi connectivity index (χ0v) is 23.8. The number of carbonyl (C=O) groups excluding carboxylic acids is 1. The van der Waals surface area contributed by atoms with E-state index < -0.39 is 6.17 Å². The van der Waals surface area contributed by atoms with Crippen molar-refractivity contribution >= 4 is 22.6 Å². The van der Waals surface area contributed by atoms with Gasteiger partial charge in [-0.05, 0) is 81.0 Å². The molecule has 0 bridgehead atoms. The van der Waals surface area contributed by atoms with Crippen LogP contribution in [0.2, 0.25) is 0 Å². The normalized spacial score (nSPS) is 23.1. The third-order valence-corrected chi connectivity index (χ3v) is 8.86. The number of alkyl halides is 1. The van der Waals surface area contributed by atoms with Crippen LogP contribution in [0.4, 0.5) is 14.6 Å². The van der Waals surface area contributed by atoms with E-state index in [1.807, 2.05) is 37.1 Å². The molecule has 9 heteroatoms. The van der Waals surface area contributed by atoms with Gasteiger partial charge in [0.25, 0.3) is 0 Å². The van der Waals surface area contributed by atoms with Crippen molar-refractivity contribution in [3.05, 3.63) is 59.9 Å². The summed E-state index contributed by atoms with van der Waals surface area (Å²) in [7, 11) is 1.89. The molecule has 1 aliphatic carbocycles. The van der Waals surface area contributed by atoms with Crippen LogP contribution in [0.25, 0.3) is 22.0 Å². The van der Waals surface area contributed by atoms with Crippen LogP contribution in [0.1, 0.15) is 37.3 Å². The zero-order chi connectivity index (χ0) is 28.7. The molecule has 41 heavy (non-hydrogen) atoms. The molecule has 2 aliphatic heterocycles. The van der Waals surface area contributed by atoms with Crippen molar-refractivity contribution in [1.29, 1.82) is 0 Å². The van der Waals surface area contributed by atoms with Crippen LogP contribution in [0, 0.1) is 5.82 Å². The molecule has 3 aliphatic rings. The monoisotopic (exact) mass is 561 g/mol. The molecule has 3 atom stereocenters. The minimum Gasteiger partial charge on any atom is -0.462 e. The van der Waals surface area contributed by atoms with Gasteiger partial charge in [-0.2, -0.15) is 9.97 Å². The summed E-state index contributed by atoms with van der Waals surface area (Å²) in [5.74, 6) is 0.151. The highest BCUT2D eigenvalue weighted by atomic mass is 19.1. The second-order valence-corrected chi connectivity index (χ2v) is 11.6. The van der Waals surface area contributed by atoms with E-state index in [4.69, 9.17) is 14.7 Å². The Bertz CT molecular complexity index is 1480. The zero-order valence-electron chi connectivity index (χ0n) is 23.8. The number of aromatic nitrogens is 2. The summed E-state index contributed by atoms with van der Waals surface area (Å²) in [6.45, 7) is 7.80. The van der Waals surface area contributed by atoms with Gasteiger partial charge in [0.15, 0.2) is 0 Å². The van der Waals surface area contributed by atoms with Crippen LogP contribution in [0.15, 0.2) is 43.0 Å². The highest BCUT2D eigenvalue weighted by Crippen LogP contribution is 2.37. The summed E-state index contributed by atoms with van der Waals surface area (Å²) in [6, 6.07) is 9.54. The van der Waals surface area contributed by atoms with Crippen molar-refractivity contribution in [2.75, 3.05) is 44.7 Å². The second kappa shape index (κ2) is 11.4. The number of benzene rings is 2. The molecule has 0 radical (unpaired) electrons. The Hall–Kier alpha value is -3.59. The number of rotatable bonds is 6. The van der Waals surface area contributed by atoms with E-state index in [-0.39, 0.29) is 36.4 Å². The lowest BCUT2D eigenvalue weighted by atomic mass is 9.85. The van der Waals surface area contributed by atoms with Crippen molar-refractivity contribution in [3.8, 4) is 17.1 Å². The van der Waals surface area contributed by atoms with E-state index in [2.05, 4.69) is 17.5 Å². The van der Waals surface area contributed by atoms with Gasteiger partial charge in [0.1, 0.15) is 24.4 Å². The molecular weight excluding hydrogens is 524 g/mol. The maximum Gasteiger partial charge on any atom is 0.319 e. The number of aryl methyl sites for hydroxylation is 1. The molecule has 1 aromatic heterocycles. The Labute approximate surface area is 239 Å². The summed E-state index contributed by atoms with van der Waals surface area (Å²) in [6.07, 6.45) is 5.05. The first-order valence-electron chi connectivity index (χ1n) is 14.6. The fraction of sp³-hybridized carbons (Fsp3) is 0.469. The van der Waals surface area contributed by atoms with E-state index in [0.29, 0.717) is 54.9 Å². The number of hydrogen-bond donors (Lipinski definition) is 0. The second-order valence-electron chi connectivity index (χ2n) is 11.6. The molecule has 0 spiro atoms. The fourth-order valence-corrected chi connectivity index (χ4v) is 6.61. The average Bonchev–Trinajstić information content (AvgIpc) is 3.31. The predicted octanol–water partition coefficient (Wildman–Crippen LogP) is 4.96. The largest absolute Gasteiger partial charge is 0.462 e. The number of carbonyl (C=O) groups is 1. The van der Waals surface area contributed by atoms with Crippen LogP contribution >= 0.6 is 0 Å². The Morgan fingerprint density at radius 1 is 1.15 bits per heavy atom. The van der Waals surface area contributed by atoms with E-state index in [1.54, 1.807) is 11.0 Å². The molecule has 216 valence electrons. The number of fused-ring (bicyclic) bond motifs is 2. The lowest BCUT2D eigenvalue weighted by Gasteiger charge is -2.40. The molecule has 0 N–H and O–H groups in total. The first-order valence-corrected chi connectivity index (χ1v) is 14.6. The van der Waals surface area contributed by atoms with Gasteiger partial charge in [0.05, 0.1) is 5.52 Å². The van der Waals surface area contributed by atoms with Gasteiger partial charge in [0.2, 0.25) is 5.91 Å². The first-order chi connectivity index (χ1) is 19.8. The highest BCUT2D eigenvalue weighted by Gasteiger charge is 2.32. The molecule has 3 aromatic rings. The number of nitrogens with zero attached hydrogens (tertiary/aromatic N) is 5. The molecule has 6 rings (SSSR count). The molecule has 1 amide bonds. The third-order valence-electron chi connectivity index (χ3n) is 8.86. The van der Waals surface area contributed by atoms with Gasteiger partial charge in [-0.15, -0.1) is 0 Å². The van der Waals surface area contributed by atoms with Gasteiger partial charge in [0, 0.05) is 49.2 Å². The number of ether oxygens (including phenoxy) is 1. The summed E-state index contributed by atoms with van der Waals surface area (Å²) in [5.41, 5.74) is 4.53. The SMILES string of the molecule is C=CC(=O)N1CCN(c2nc(OC[C@@H]3C[C@@H](F)CN3C)nc3cc(-c4cccc5c4CCCC5)c(F)cc23)[C@@H](C)C1. The number of likely N-dealkylation sites (tertiary alicyclic amines) is 1. The lowest BCUT2D eigenvalue weighted by Crippen LogP contribution is -2.53. The maximum absolute atomic E-state index is 16.0. The first kappa shape index (κ1) is 27.6. The van der Waals surface area contributed by atoms with Gasteiger partial charge in [-0.1, -0.05) is 24.8 Å². The molecule has 7 nitrogen and oxygen atoms in total. The Morgan fingerprint density at radius 2 is 1.98 bits per heavy atom. The predicted molar refractivity (Wildman–Crippen MR) is 157 cm³/mol. The van der Waals surface area contributed by atoms with Gasteiger partial charge in [-0.3, -0.25) is 9.69 Å². The number of anilines is 1. The van der Waals surface area contributed by atoms with Gasteiger partial charge < -0.3 is 14.5 Å². The molecular formula is C32H37F2N5O2. The van der Waals surface area contributed by atoms with Crippen LogP contribution in [0.3, 0.4) is 0 Å². The van der Waals surface area contributed by atoms with E-state index in [1.165, 1.54) is 17.2 Å². The van der Waals surface area contributed by atoms with E-state index >= 15 is 4.39 Å². The molecule has 2 saturated heterocycles. The van der Waals surface area contributed by atoms with E-state index in [0.717, 1.165) is 31.2 Å². The maximum atomic E-state index is 16.0. The smallest absolute Gasteiger partial charge is 0.319 e. The number of likely N-dealkylation sites (N-methyl/N-ethyl adjacent to an activating group) is 1. The molecule has 2 aromatic carbocycles. The topological polar surface area (TPSA) is 61.8 Å². The quantitative estimate of drug-likeness (QED) is 0.397. The summed E-state index contributed by atoms with van der Waals surface area (Å²) in [5, 5.41) is 0.598. The molecule has 0 saturated carbocycles. The van der Waals surface area contributed by atoms with Gasteiger partial charge in [-0.25, -0.2) is 8.78 Å². The van der Waals surface area contributed by atoms with Crippen molar-refractivity contribution in [2.24, 2.45) is 0 Å². The third kappa shape index (κ3) is 5.39. The summed E-state index contributed by atoms with van der Waals surface area (Å²) < 4.78 is 36.0. The van der Waals surface area contributed by atoms with Crippen molar-refractivity contribution in [3.63, 3.8) is 0 Å². The van der Waals surface area contributed by atoms with Crippen LogP contribution in [-0.2, 0) is 17.6 Å². The Balaban J connectivity index is 1.41. The number of amides is 1. The molecule has 0 unspecified atom stereocenters. The fourth-order valence-electron chi connectivity index (χ4n) is 6.61. The Kier molecular flexibility index (Phi) is 7.64. The van der Waals surface area contributed by atoms with Crippen molar-refractivity contribution < 1.29 is 18.3 Å². The Morgan fingerprint density at radius 3 is 2.73 bits per heavy atom. The minimum atomic E-state index is -0.876. The van der Waals surface area contributed by atoms with Crippen molar-refractivity contribution in [1.82, 2.24) is 19.8 Å². The summed E-state index contributed by atoms with van der Waals surface area (Å²) in [4.78, 5) is 27.6. The minimum absolute atomic E-state index is 0.0697. The number of piperazine rings is 1. The van der Waals surface area contributed by atoms with Crippen LogP contribution in [0.5, 0.6) is 6.01 Å². The summed E-state index contributed by atoms with van der Waals surface area (Å²) >= 11 is 0. The van der Waals surface area contributed by atoms with E-state index in [9.17, 15) is 9.18 Å². The lowest BCUT2D eigenvalue weighted by molar-refractivity contribution is -0.126. The standard InChI is InChI=1S/C32H37F2N5O2/c1-4-30(40)38-12-13-39(20(2)17-38)31-27-15-28(34)26(25-11-7-9-21-8-5-6-10-24(21)25)16-29(27)35-32(36-31)41-19-23-14-22(33)18-37(23)3/h4,7,9,11,15-16,20,22-23H,1,5-6,8,10,12-14,17-19H2,2-3H3/t20-,22+,23-/m0/s1. The van der Waals surface area contributed by atoms with Gasteiger partial charge >= 0.3 is 6.01 Å². The van der Waals surface area contributed by atoms with Crippen LogP contribution < -0.4 is 9.64 Å². The molecule has 2 fully saturated rings. The number of hydrogen-bond acceptors (Lipinski definition) is 6. The number of halogens is 2. The highest BCUT2D eigenvalue weighted by molar-refractivity contribution is 5.94. The average molecular weight is 562 g/mol. The van der Waals surface area contributed by atoms with Crippen molar-refractivity contribution in [2.45, 2.75) is 57.3 Å².